The minimum atomic E-state index is -5.94. The Morgan fingerprint density at radius 1 is 0.714 bits per heavy atom. The summed E-state index contributed by atoms with van der Waals surface area (Å²) < 4.78 is 29.0. The summed E-state index contributed by atoms with van der Waals surface area (Å²) in [5.74, 6) is 0. The van der Waals surface area contributed by atoms with Crippen molar-refractivity contribution in [3.05, 3.63) is 0 Å². The van der Waals surface area contributed by atoms with E-state index in [1.807, 2.05) is 69.2 Å². The van der Waals surface area contributed by atoms with Gasteiger partial charge in [-0.2, -0.15) is 0 Å². The van der Waals surface area contributed by atoms with Crippen molar-refractivity contribution in [2.24, 2.45) is 0 Å². The van der Waals surface area contributed by atoms with Crippen LogP contribution in [0.2, 0.25) is 17.9 Å². The first-order chi connectivity index (χ1) is 8.73. The molecule has 0 heterocycles. The fourth-order valence-corrected chi connectivity index (χ4v) is 20.8. The largest absolute Gasteiger partial charge is 0 e. The SMILES string of the molecule is C[CH2][Ti](=[O])([CH2]C)([O]C(C)C)([O]C(C)C)([CH](C)C)[CH](C)C.[Zn]. The minimum absolute atomic E-state index is 0. The van der Waals surface area contributed by atoms with Crippen molar-refractivity contribution in [3.8, 4) is 0 Å². The van der Waals surface area contributed by atoms with E-state index in [2.05, 4.69) is 0 Å². The molecule has 5 heteroatoms. The molecule has 0 saturated heterocycles. The van der Waals surface area contributed by atoms with Crippen LogP contribution >= 0.6 is 0 Å². The van der Waals surface area contributed by atoms with Crippen LogP contribution in [0.25, 0.3) is 0 Å². The molecule has 0 radical (unpaired) electrons. The van der Waals surface area contributed by atoms with Crippen LogP contribution in [-0.2, 0) is 42.9 Å². The van der Waals surface area contributed by atoms with Crippen LogP contribution < -0.4 is 0 Å². The van der Waals surface area contributed by atoms with Crippen molar-refractivity contribution < 1.29 is 42.9 Å². The average molecular weight is 392 g/mol. The van der Waals surface area contributed by atoms with Crippen molar-refractivity contribution in [2.75, 3.05) is 0 Å². The fourth-order valence-electron chi connectivity index (χ4n) is 5.05. The first-order valence-corrected chi connectivity index (χ1v) is 14.3. The van der Waals surface area contributed by atoms with Crippen LogP contribution in [0.15, 0.2) is 0 Å². The van der Waals surface area contributed by atoms with Gasteiger partial charge in [0.2, 0.25) is 0 Å². The second-order valence-electron chi connectivity index (χ2n) is 8.41. The Bertz CT molecular complexity index is 432. The molecule has 0 aromatic rings. The topological polar surface area (TPSA) is 35.5 Å². The quantitative estimate of drug-likeness (QED) is 0.455. The minimum Gasteiger partial charge on any atom is 0 e. The summed E-state index contributed by atoms with van der Waals surface area (Å²) >= 11 is -5.94. The predicted molar refractivity (Wildman–Crippen MR) is 84.3 cm³/mol. The van der Waals surface area contributed by atoms with Gasteiger partial charge < -0.3 is 0 Å². The summed E-state index contributed by atoms with van der Waals surface area (Å²) in [6.07, 6.45) is -0.265. The molecule has 0 bridgehead atoms. The molecular weight excluding hydrogens is 353 g/mol. The predicted octanol–water partition coefficient (Wildman–Crippen LogP) is 6.30. The van der Waals surface area contributed by atoms with Gasteiger partial charge in [0, 0.05) is 19.5 Å². The second kappa shape index (κ2) is 5.85. The second-order valence-corrected chi connectivity index (χ2v) is 24.5. The van der Waals surface area contributed by atoms with E-state index in [4.69, 9.17) is 6.64 Å². The van der Waals surface area contributed by atoms with Gasteiger partial charge in [-0.15, -0.1) is 0 Å². The van der Waals surface area contributed by atoms with Crippen molar-refractivity contribution >= 4 is 0 Å². The molecule has 0 aliphatic carbocycles. The summed E-state index contributed by atoms with van der Waals surface area (Å²) in [6.45, 7) is 19.9. The third-order valence-corrected chi connectivity index (χ3v) is 29.5. The van der Waals surface area contributed by atoms with Gasteiger partial charge in [-0.1, -0.05) is 0 Å². The summed E-state index contributed by atoms with van der Waals surface area (Å²) in [7, 11) is 0. The molecule has 0 unspecified atom stereocenters. The third kappa shape index (κ3) is 2.72. The molecule has 0 spiro atoms. The van der Waals surface area contributed by atoms with Crippen LogP contribution in [-0.4, -0.2) is 12.2 Å². The van der Waals surface area contributed by atoms with Gasteiger partial charge in [-0.3, -0.25) is 0 Å². The van der Waals surface area contributed by atoms with E-state index >= 15 is 3.32 Å². The zero-order valence-electron chi connectivity index (χ0n) is 16.2. The first kappa shape index (κ1) is 24.3. The Hall–Kier alpha value is 1.06. The van der Waals surface area contributed by atoms with Gasteiger partial charge >= 0.3 is 123 Å². The van der Waals surface area contributed by atoms with Crippen molar-refractivity contribution in [1.82, 2.24) is 0 Å². The van der Waals surface area contributed by atoms with Gasteiger partial charge in [0.05, 0.1) is 0 Å². The van der Waals surface area contributed by atoms with E-state index in [0.717, 1.165) is 0 Å². The number of hydrogen-bond donors (Lipinski definition) is 0. The van der Waals surface area contributed by atoms with Gasteiger partial charge in [0.25, 0.3) is 0 Å². The molecule has 0 rings (SSSR count). The molecular formula is C16H38O3TiZn. The van der Waals surface area contributed by atoms with Gasteiger partial charge in [-0.05, 0) is 0 Å². The van der Waals surface area contributed by atoms with Gasteiger partial charge in [0.15, 0.2) is 0 Å². The summed E-state index contributed by atoms with van der Waals surface area (Å²) in [4.78, 5) is 0. The molecule has 0 aromatic heterocycles. The third-order valence-electron chi connectivity index (χ3n) is 7.17. The Labute approximate surface area is 141 Å². The maximum atomic E-state index is 15.3. The molecule has 0 aliphatic heterocycles. The summed E-state index contributed by atoms with van der Waals surface area (Å²) in [5, 5.41) is 0. The van der Waals surface area contributed by atoms with Crippen LogP contribution in [0.3, 0.4) is 0 Å². The zero-order chi connectivity index (χ0) is 16.5. The molecule has 0 amide bonds. The molecule has 21 heavy (non-hydrogen) atoms. The van der Waals surface area contributed by atoms with Crippen LogP contribution in [0.5, 0.6) is 0 Å². The molecule has 0 aliphatic rings. The smallest absolute Gasteiger partial charge is 0 e. The Kier molecular flexibility index (Phi) is 6.77. The standard InChI is InChI=1S/2C3H7O.2C3H7.2C2H5.O.Ti.Zn/c2*1-3(2)4;2*1-3-2;2*1-2;;;/h2*3H,1-2H3;2*3H,1-2H3;2*1H2,2H3;;;/q2*-1;;;;;;+2;. The first-order valence-electron chi connectivity index (χ1n) is 8.40. The Balaban J connectivity index is 0. The number of hydrogen-bond acceptors (Lipinski definition) is 3. The molecule has 0 aromatic carbocycles. The summed E-state index contributed by atoms with van der Waals surface area (Å²) in [6, 6.07) is 0. The van der Waals surface area contributed by atoms with Crippen molar-refractivity contribution in [3.63, 3.8) is 0 Å². The Morgan fingerprint density at radius 2 is 0.952 bits per heavy atom. The van der Waals surface area contributed by atoms with Crippen LogP contribution in [0, 0.1) is 0 Å². The number of rotatable bonds is 8. The summed E-state index contributed by atoms with van der Waals surface area (Å²) in [5.41, 5.74) is 0. The van der Waals surface area contributed by atoms with E-state index in [1.54, 1.807) is 0 Å². The molecule has 0 fully saturated rings. The van der Waals surface area contributed by atoms with Crippen LogP contribution in [0.4, 0.5) is 0 Å². The zero-order valence-corrected chi connectivity index (χ0v) is 20.7. The maximum absolute atomic E-state index is 15.3. The molecule has 0 N–H and O–H groups in total. The van der Waals surface area contributed by atoms with Crippen molar-refractivity contribution in [2.45, 2.75) is 99.3 Å². The van der Waals surface area contributed by atoms with E-state index in [-0.39, 0.29) is 40.1 Å². The van der Waals surface area contributed by atoms with E-state index < -0.39 is 13.5 Å². The van der Waals surface area contributed by atoms with E-state index in [1.165, 1.54) is 0 Å². The van der Waals surface area contributed by atoms with Gasteiger partial charge in [0.1, 0.15) is 0 Å². The fraction of sp³-hybridized carbons (Fsp3) is 1.00. The maximum Gasteiger partial charge on any atom is 0 e. The monoisotopic (exact) mass is 390 g/mol. The van der Waals surface area contributed by atoms with E-state index in [9.17, 15) is 0 Å². The normalized spacial score (nSPS) is 18.3. The molecule has 126 valence electrons. The molecule has 0 saturated carbocycles. The molecule has 0 atom stereocenters. The molecule has 3 nitrogen and oxygen atoms in total. The van der Waals surface area contributed by atoms with Crippen molar-refractivity contribution in [1.29, 1.82) is 0 Å². The van der Waals surface area contributed by atoms with E-state index in [0.29, 0.717) is 9.45 Å². The van der Waals surface area contributed by atoms with Crippen LogP contribution in [0.1, 0.15) is 69.2 Å². The Morgan fingerprint density at radius 3 is 1.05 bits per heavy atom. The average Bonchev–Trinajstić information content (AvgIpc) is 2.28. The van der Waals surface area contributed by atoms with Gasteiger partial charge in [-0.25, -0.2) is 0 Å².